The molecule has 0 bridgehead atoms. The molecule has 2 nitrogen and oxygen atoms in total. The van der Waals surface area contributed by atoms with Gasteiger partial charge >= 0.3 is 0 Å². The summed E-state index contributed by atoms with van der Waals surface area (Å²) in [5.41, 5.74) is 0.876. The van der Waals surface area contributed by atoms with Gasteiger partial charge in [0, 0.05) is 21.3 Å². The lowest BCUT2D eigenvalue weighted by Crippen LogP contribution is -2.26. The molecule has 0 saturated heterocycles. The first-order valence-corrected chi connectivity index (χ1v) is 7.96. The standard InChI is InChI=1S/C15H15Cl2NOS/c1-10(13-6-4-11(16)9-14(13)17)18-15(19)7-5-12-3-2-8-20-12/h2-4,6,8-10H,5,7H2,1H3,(H,18,19). The summed E-state index contributed by atoms with van der Waals surface area (Å²) in [6.07, 6.45) is 1.25. The second-order valence-electron chi connectivity index (χ2n) is 4.53. The first-order chi connectivity index (χ1) is 9.56. The Morgan fingerprint density at radius 1 is 1.35 bits per heavy atom. The molecule has 106 valence electrons. The average molecular weight is 328 g/mol. The summed E-state index contributed by atoms with van der Waals surface area (Å²) in [6, 6.07) is 9.21. The van der Waals surface area contributed by atoms with E-state index in [1.165, 1.54) is 4.88 Å². The van der Waals surface area contributed by atoms with Gasteiger partial charge in [0.15, 0.2) is 0 Å². The molecule has 1 amide bonds. The number of rotatable bonds is 5. The summed E-state index contributed by atoms with van der Waals surface area (Å²) in [6.45, 7) is 1.91. The van der Waals surface area contributed by atoms with Crippen molar-refractivity contribution in [3.05, 3.63) is 56.2 Å². The fourth-order valence-corrected chi connectivity index (χ4v) is 3.22. The van der Waals surface area contributed by atoms with Gasteiger partial charge < -0.3 is 5.32 Å². The SMILES string of the molecule is CC(NC(=O)CCc1cccs1)c1ccc(Cl)cc1Cl. The molecule has 1 unspecified atom stereocenters. The van der Waals surface area contributed by atoms with Gasteiger partial charge in [-0.1, -0.05) is 35.3 Å². The van der Waals surface area contributed by atoms with Gasteiger partial charge in [0.2, 0.25) is 5.91 Å². The van der Waals surface area contributed by atoms with E-state index < -0.39 is 0 Å². The zero-order valence-electron chi connectivity index (χ0n) is 11.0. The Hall–Kier alpha value is -1.03. The zero-order chi connectivity index (χ0) is 14.5. The van der Waals surface area contributed by atoms with Crippen LogP contribution in [0, 0.1) is 0 Å². The van der Waals surface area contributed by atoms with Gasteiger partial charge in [0.05, 0.1) is 6.04 Å². The minimum absolute atomic E-state index is 0.0249. The average Bonchev–Trinajstić information content (AvgIpc) is 2.89. The molecule has 0 aliphatic carbocycles. The van der Waals surface area contributed by atoms with Crippen LogP contribution in [-0.4, -0.2) is 5.91 Å². The highest BCUT2D eigenvalue weighted by molar-refractivity contribution is 7.09. The molecule has 1 N–H and O–H groups in total. The van der Waals surface area contributed by atoms with Crippen molar-refractivity contribution in [3.63, 3.8) is 0 Å². The predicted octanol–water partition coefficient (Wildman–Crippen LogP) is 4.86. The minimum Gasteiger partial charge on any atom is -0.350 e. The second kappa shape index (κ2) is 7.11. The quantitative estimate of drug-likeness (QED) is 0.834. The molecule has 1 heterocycles. The molecule has 2 rings (SSSR count). The van der Waals surface area contributed by atoms with Crippen molar-refractivity contribution in [2.75, 3.05) is 0 Å². The van der Waals surface area contributed by atoms with Crippen molar-refractivity contribution in [1.29, 1.82) is 0 Å². The lowest BCUT2D eigenvalue weighted by Gasteiger charge is -2.15. The highest BCUT2D eigenvalue weighted by Gasteiger charge is 2.13. The second-order valence-corrected chi connectivity index (χ2v) is 6.41. The summed E-state index contributed by atoms with van der Waals surface area (Å²) < 4.78 is 0. The number of nitrogens with one attached hydrogen (secondary N) is 1. The number of carbonyl (C=O) groups excluding carboxylic acids is 1. The van der Waals surface area contributed by atoms with E-state index >= 15 is 0 Å². The van der Waals surface area contributed by atoms with E-state index in [2.05, 4.69) is 5.32 Å². The molecule has 2 aromatic rings. The Bertz CT molecular complexity index is 584. The molecule has 1 atom stereocenters. The molecular weight excluding hydrogens is 313 g/mol. The van der Waals surface area contributed by atoms with E-state index in [0.717, 1.165) is 12.0 Å². The number of aryl methyl sites for hydroxylation is 1. The van der Waals surface area contributed by atoms with E-state index in [9.17, 15) is 4.79 Å². The van der Waals surface area contributed by atoms with Crippen LogP contribution in [0.1, 0.15) is 29.8 Å². The third kappa shape index (κ3) is 4.23. The van der Waals surface area contributed by atoms with Gasteiger partial charge in [-0.15, -0.1) is 11.3 Å². The van der Waals surface area contributed by atoms with Crippen LogP contribution in [0.5, 0.6) is 0 Å². The summed E-state index contributed by atoms with van der Waals surface area (Å²) >= 11 is 13.7. The zero-order valence-corrected chi connectivity index (χ0v) is 13.4. The largest absolute Gasteiger partial charge is 0.350 e. The summed E-state index contributed by atoms with van der Waals surface area (Å²) in [5.74, 6) is 0.0249. The van der Waals surface area contributed by atoms with E-state index in [1.54, 1.807) is 23.5 Å². The number of halogens is 2. The Labute approximate surface area is 132 Å². The Morgan fingerprint density at radius 2 is 2.15 bits per heavy atom. The number of carbonyl (C=O) groups is 1. The topological polar surface area (TPSA) is 29.1 Å². The number of hydrogen-bond acceptors (Lipinski definition) is 2. The van der Waals surface area contributed by atoms with Crippen LogP contribution < -0.4 is 5.32 Å². The highest BCUT2D eigenvalue weighted by atomic mass is 35.5. The van der Waals surface area contributed by atoms with E-state index in [1.807, 2.05) is 30.5 Å². The molecule has 5 heteroatoms. The maximum atomic E-state index is 11.9. The van der Waals surface area contributed by atoms with E-state index in [-0.39, 0.29) is 11.9 Å². The fourth-order valence-electron chi connectivity index (χ4n) is 1.94. The molecular formula is C15H15Cl2NOS. The van der Waals surface area contributed by atoms with Crippen LogP contribution in [-0.2, 0) is 11.2 Å². The van der Waals surface area contributed by atoms with Crippen LogP contribution in [0.3, 0.4) is 0 Å². The highest BCUT2D eigenvalue weighted by Crippen LogP contribution is 2.26. The Kier molecular flexibility index (Phi) is 5.46. The molecule has 0 aliphatic rings. The van der Waals surface area contributed by atoms with Crippen LogP contribution in [0.25, 0.3) is 0 Å². The van der Waals surface area contributed by atoms with Crippen LogP contribution in [0.2, 0.25) is 10.0 Å². The molecule has 1 aromatic carbocycles. The third-order valence-electron chi connectivity index (χ3n) is 2.99. The molecule has 0 spiro atoms. The van der Waals surface area contributed by atoms with Gasteiger partial charge in [-0.2, -0.15) is 0 Å². The van der Waals surface area contributed by atoms with Crippen LogP contribution >= 0.6 is 34.5 Å². The van der Waals surface area contributed by atoms with Crippen molar-refractivity contribution in [2.24, 2.45) is 0 Å². The minimum atomic E-state index is -0.129. The normalized spacial score (nSPS) is 12.2. The van der Waals surface area contributed by atoms with Gasteiger partial charge in [-0.25, -0.2) is 0 Å². The van der Waals surface area contributed by atoms with Crippen molar-refractivity contribution >= 4 is 40.4 Å². The van der Waals surface area contributed by atoms with Gasteiger partial charge in [0.25, 0.3) is 0 Å². The number of benzene rings is 1. The van der Waals surface area contributed by atoms with Crippen molar-refractivity contribution in [2.45, 2.75) is 25.8 Å². The van der Waals surface area contributed by atoms with Crippen LogP contribution in [0.4, 0.5) is 0 Å². The molecule has 0 radical (unpaired) electrons. The maximum absolute atomic E-state index is 11.9. The van der Waals surface area contributed by atoms with Crippen molar-refractivity contribution < 1.29 is 4.79 Å². The summed E-state index contributed by atoms with van der Waals surface area (Å²) in [5, 5.41) is 6.14. The smallest absolute Gasteiger partial charge is 0.220 e. The van der Waals surface area contributed by atoms with E-state index in [4.69, 9.17) is 23.2 Å². The Morgan fingerprint density at radius 3 is 2.80 bits per heavy atom. The maximum Gasteiger partial charge on any atom is 0.220 e. The van der Waals surface area contributed by atoms with Gasteiger partial charge in [-0.05, 0) is 42.5 Å². The first-order valence-electron chi connectivity index (χ1n) is 6.33. The molecule has 1 aromatic heterocycles. The lowest BCUT2D eigenvalue weighted by molar-refractivity contribution is -0.121. The molecule has 20 heavy (non-hydrogen) atoms. The summed E-state index contributed by atoms with van der Waals surface area (Å²) in [4.78, 5) is 13.1. The van der Waals surface area contributed by atoms with Crippen LogP contribution in [0.15, 0.2) is 35.7 Å². The van der Waals surface area contributed by atoms with Crippen molar-refractivity contribution in [1.82, 2.24) is 5.32 Å². The van der Waals surface area contributed by atoms with Crippen molar-refractivity contribution in [3.8, 4) is 0 Å². The number of amides is 1. The lowest BCUT2D eigenvalue weighted by atomic mass is 10.1. The third-order valence-corrected chi connectivity index (χ3v) is 4.48. The predicted molar refractivity (Wildman–Crippen MR) is 85.7 cm³/mol. The molecule has 0 aliphatic heterocycles. The van der Waals surface area contributed by atoms with Gasteiger partial charge in [-0.3, -0.25) is 4.79 Å². The van der Waals surface area contributed by atoms with E-state index in [0.29, 0.717) is 16.5 Å². The number of thiophene rings is 1. The fraction of sp³-hybridized carbons (Fsp3) is 0.267. The Balaban J connectivity index is 1.90. The summed E-state index contributed by atoms with van der Waals surface area (Å²) in [7, 11) is 0. The van der Waals surface area contributed by atoms with Gasteiger partial charge in [0.1, 0.15) is 0 Å². The molecule has 0 fully saturated rings. The molecule has 0 saturated carbocycles. The first kappa shape index (κ1) is 15.4. The number of hydrogen-bond donors (Lipinski definition) is 1. The monoisotopic (exact) mass is 327 g/mol.